The third-order valence-corrected chi connectivity index (χ3v) is 6.73. The number of hydrogen-bond donors (Lipinski definition) is 2. The Morgan fingerprint density at radius 1 is 1.11 bits per heavy atom. The minimum absolute atomic E-state index is 0.136. The lowest BCUT2D eigenvalue weighted by molar-refractivity contribution is -0.139. The van der Waals surface area contributed by atoms with E-state index in [0.29, 0.717) is 12.2 Å². The van der Waals surface area contributed by atoms with Gasteiger partial charge in [0.25, 0.3) is 0 Å². The van der Waals surface area contributed by atoms with E-state index in [1.807, 2.05) is 35.9 Å². The number of aliphatic carboxylic acids is 1. The van der Waals surface area contributed by atoms with E-state index in [9.17, 15) is 9.59 Å². The molecule has 0 fully saturated rings. The molecule has 2 aromatic carbocycles. The third-order valence-electron chi connectivity index (χ3n) is 6.73. The number of rotatable bonds is 5. The molecule has 2 N–H and O–H groups in total. The SMILES string of the molecule is Cc1ccc(-n2nc(C)c3c2NC2=C(C(=O)CC(C)(C)C2)C3c2ccc(OCC(=O)O)cc2)cc1. The second-order valence-corrected chi connectivity index (χ2v) is 10.2. The van der Waals surface area contributed by atoms with Gasteiger partial charge in [-0.25, -0.2) is 9.48 Å². The molecule has 3 aromatic rings. The van der Waals surface area contributed by atoms with E-state index in [2.05, 4.69) is 38.2 Å². The van der Waals surface area contributed by atoms with Crippen molar-refractivity contribution in [2.75, 3.05) is 11.9 Å². The molecule has 1 unspecified atom stereocenters. The van der Waals surface area contributed by atoms with E-state index in [-0.39, 0.29) is 17.1 Å². The lowest BCUT2D eigenvalue weighted by atomic mass is 9.69. The van der Waals surface area contributed by atoms with Crippen LogP contribution in [0.4, 0.5) is 5.82 Å². The number of fused-ring (bicyclic) bond motifs is 1. The Bertz CT molecular complexity index is 1350. The Morgan fingerprint density at radius 2 is 1.80 bits per heavy atom. The number of nitrogens with zero attached hydrogens (tertiary/aromatic N) is 2. The minimum atomic E-state index is -1.03. The predicted molar refractivity (Wildman–Crippen MR) is 133 cm³/mol. The van der Waals surface area contributed by atoms with Crippen molar-refractivity contribution in [2.45, 2.75) is 46.5 Å². The number of aromatic nitrogens is 2. The van der Waals surface area contributed by atoms with E-state index in [1.165, 1.54) is 5.56 Å². The summed E-state index contributed by atoms with van der Waals surface area (Å²) in [5.41, 5.74) is 6.52. The number of aryl methyl sites for hydroxylation is 2. The fourth-order valence-corrected chi connectivity index (χ4v) is 5.18. The van der Waals surface area contributed by atoms with Gasteiger partial charge in [0.1, 0.15) is 11.6 Å². The van der Waals surface area contributed by atoms with E-state index >= 15 is 0 Å². The summed E-state index contributed by atoms with van der Waals surface area (Å²) >= 11 is 0. The number of nitrogens with one attached hydrogen (secondary N) is 1. The van der Waals surface area contributed by atoms with E-state index < -0.39 is 12.6 Å². The molecule has 0 saturated carbocycles. The molecule has 1 aliphatic carbocycles. The highest BCUT2D eigenvalue weighted by Crippen LogP contribution is 2.50. The van der Waals surface area contributed by atoms with Gasteiger partial charge in [-0.3, -0.25) is 4.79 Å². The van der Waals surface area contributed by atoms with Crippen molar-refractivity contribution in [1.82, 2.24) is 9.78 Å². The Labute approximate surface area is 204 Å². The van der Waals surface area contributed by atoms with Crippen LogP contribution in [0, 0.1) is 19.3 Å². The molecule has 1 aromatic heterocycles. The summed E-state index contributed by atoms with van der Waals surface area (Å²) in [5.74, 6) is 0.210. The van der Waals surface area contributed by atoms with Gasteiger partial charge in [0.2, 0.25) is 0 Å². The quantitative estimate of drug-likeness (QED) is 0.534. The summed E-state index contributed by atoms with van der Waals surface area (Å²) in [7, 11) is 0. The smallest absolute Gasteiger partial charge is 0.341 e. The summed E-state index contributed by atoms with van der Waals surface area (Å²) in [5, 5.41) is 17.4. The summed E-state index contributed by atoms with van der Waals surface area (Å²) in [6.45, 7) is 7.88. The van der Waals surface area contributed by atoms with Gasteiger partial charge in [-0.05, 0) is 55.5 Å². The standard InChI is InChI=1S/C28H29N3O4/c1-16-5-9-19(10-6-16)31-27-24(17(2)30-31)25(18-7-11-20(12-8-18)35-15-23(33)34)26-21(29-27)13-28(3,4)14-22(26)32/h5-12,25,29H,13-15H2,1-4H3,(H,33,34). The number of Topliss-reactive ketones (excluding diaryl/α,β-unsaturated/α-hetero) is 1. The van der Waals surface area contributed by atoms with Gasteiger partial charge >= 0.3 is 5.97 Å². The third kappa shape index (κ3) is 4.22. The second-order valence-electron chi connectivity index (χ2n) is 10.2. The molecule has 7 nitrogen and oxygen atoms in total. The van der Waals surface area contributed by atoms with Crippen molar-refractivity contribution < 1.29 is 19.4 Å². The lowest BCUT2D eigenvalue weighted by Gasteiger charge is -2.38. The van der Waals surface area contributed by atoms with Crippen LogP contribution in [0.1, 0.15) is 55.0 Å². The summed E-state index contributed by atoms with van der Waals surface area (Å²) in [4.78, 5) is 24.4. The largest absolute Gasteiger partial charge is 0.482 e. The number of carboxylic acids is 1. The first-order chi connectivity index (χ1) is 16.6. The monoisotopic (exact) mass is 471 g/mol. The van der Waals surface area contributed by atoms with Crippen molar-refractivity contribution >= 4 is 17.6 Å². The zero-order valence-corrected chi connectivity index (χ0v) is 20.4. The van der Waals surface area contributed by atoms with Gasteiger partial charge < -0.3 is 15.2 Å². The van der Waals surface area contributed by atoms with Gasteiger partial charge in [0, 0.05) is 29.2 Å². The van der Waals surface area contributed by atoms with Crippen LogP contribution < -0.4 is 10.1 Å². The molecular weight excluding hydrogens is 442 g/mol. The van der Waals surface area contributed by atoms with Crippen LogP contribution in [0.25, 0.3) is 5.69 Å². The van der Waals surface area contributed by atoms with Crippen LogP contribution in [0.3, 0.4) is 0 Å². The van der Waals surface area contributed by atoms with Crippen molar-refractivity contribution in [3.63, 3.8) is 0 Å². The highest BCUT2D eigenvalue weighted by molar-refractivity contribution is 6.01. The van der Waals surface area contributed by atoms with Gasteiger partial charge in [-0.1, -0.05) is 43.7 Å². The number of hydrogen-bond acceptors (Lipinski definition) is 5. The normalized spacial score (nSPS) is 18.5. The van der Waals surface area contributed by atoms with Crippen LogP contribution in [0.15, 0.2) is 59.8 Å². The Morgan fingerprint density at radius 3 is 2.46 bits per heavy atom. The van der Waals surface area contributed by atoms with Crippen molar-refractivity contribution in [2.24, 2.45) is 5.41 Å². The molecule has 2 aliphatic rings. The topological polar surface area (TPSA) is 93.5 Å². The van der Waals surface area contributed by atoms with Gasteiger partial charge in [-0.2, -0.15) is 5.10 Å². The number of allylic oxidation sites excluding steroid dienone is 2. The van der Waals surface area contributed by atoms with E-state index in [4.69, 9.17) is 14.9 Å². The molecule has 0 amide bonds. The fourth-order valence-electron chi connectivity index (χ4n) is 5.18. The summed E-state index contributed by atoms with van der Waals surface area (Å²) < 4.78 is 7.25. The highest BCUT2D eigenvalue weighted by atomic mass is 16.5. The molecule has 0 radical (unpaired) electrons. The number of carbonyl (C=O) groups excluding carboxylic acids is 1. The van der Waals surface area contributed by atoms with Gasteiger partial charge in [-0.15, -0.1) is 0 Å². The second kappa shape index (κ2) is 8.41. The molecule has 2 heterocycles. The molecular formula is C28H29N3O4. The Balaban J connectivity index is 1.65. The van der Waals surface area contributed by atoms with E-state index in [1.54, 1.807) is 12.1 Å². The molecule has 7 heteroatoms. The molecule has 0 spiro atoms. The van der Waals surface area contributed by atoms with Crippen LogP contribution in [0.5, 0.6) is 5.75 Å². The molecule has 1 atom stereocenters. The van der Waals surface area contributed by atoms with Crippen molar-refractivity contribution in [3.8, 4) is 11.4 Å². The van der Waals surface area contributed by atoms with Crippen LogP contribution >= 0.6 is 0 Å². The molecule has 180 valence electrons. The predicted octanol–water partition coefficient (Wildman–Crippen LogP) is 5.15. The molecule has 0 bridgehead atoms. The maximum atomic E-state index is 13.5. The fraction of sp³-hybridized carbons (Fsp3) is 0.321. The minimum Gasteiger partial charge on any atom is -0.482 e. The Kier molecular flexibility index (Phi) is 5.50. The molecule has 1 aliphatic heterocycles. The maximum absolute atomic E-state index is 13.5. The Hall–Kier alpha value is -3.87. The first-order valence-electron chi connectivity index (χ1n) is 11.8. The van der Waals surface area contributed by atoms with Crippen LogP contribution in [-0.2, 0) is 9.59 Å². The van der Waals surface area contributed by atoms with Gasteiger partial charge in [0.05, 0.1) is 11.4 Å². The van der Waals surface area contributed by atoms with Crippen molar-refractivity contribution in [3.05, 3.63) is 82.2 Å². The first-order valence-corrected chi connectivity index (χ1v) is 11.8. The highest BCUT2D eigenvalue weighted by Gasteiger charge is 2.43. The summed E-state index contributed by atoms with van der Waals surface area (Å²) in [6.07, 6.45) is 1.26. The number of benzene rings is 2. The van der Waals surface area contributed by atoms with E-state index in [0.717, 1.165) is 46.0 Å². The molecule has 35 heavy (non-hydrogen) atoms. The van der Waals surface area contributed by atoms with Crippen LogP contribution in [-0.4, -0.2) is 33.2 Å². The van der Waals surface area contributed by atoms with Crippen molar-refractivity contribution in [1.29, 1.82) is 0 Å². The average molecular weight is 472 g/mol. The van der Waals surface area contributed by atoms with Crippen LogP contribution in [0.2, 0.25) is 0 Å². The average Bonchev–Trinajstić information content (AvgIpc) is 3.12. The molecule has 5 rings (SSSR count). The number of anilines is 1. The number of ketones is 1. The maximum Gasteiger partial charge on any atom is 0.341 e. The summed E-state index contributed by atoms with van der Waals surface area (Å²) in [6, 6.07) is 15.6. The first kappa shape index (κ1) is 22.9. The van der Waals surface area contributed by atoms with Gasteiger partial charge in [0.15, 0.2) is 12.4 Å². The zero-order chi connectivity index (χ0) is 24.9. The lowest BCUT2D eigenvalue weighted by Crippen LogP contribution is -2.34. The number of ether oxygens (including phenoxy) is 1. The number of carbonyl (C=O) groups is 2. The molecule has 0 saturated heterocycles. The zero-order valence-electron chi connectivity index (χ0n) is 20.4. The number of carboxylic acid groups (broad SMARTS) is 1.